The lowest BCUT2D eigenvalue weighted by Crippen LogP contribution is -2.28. The van der Waals surface area contributed by atoms with Crippen LogP contribution < -0.4 is 4.90 Å². The van der Waals surface area contributed by atoms with Gasteiger partial charge in [0.25, 0.3) is 5.78 Å². The molecule has 1 aliphatic heterocycles. The number of thiophene rings is 1. The summed E-state index contributed by atoms with van der Waals surface area (Å²) in [7, 11) is 0. The number of amides is 1. The van der Waals surface area contributed by atoms with Gasteiger partial charge in [-0.1, -0.05) is 29.0 Å². The summed E-state index contributed by atoms with van der Waals surface area (Å²) in [5.74, 6) is -3.82. The normalized spacial score (nSPS) is 18.1. The summed E-state index contributed by atoms with van der Waals surface area (Å²) >= 11 is 8.08. The number of hydrogen-bond acceptors (Lipinski definition) is 6. The molecule has 1 atom stereocenters. The highest BCUT2D eigenvalue weighted by Crippen LogP contribution is 2.45. The molecule has 2 aromatic heterocycles. The summed E-state index contributed by atoms with van der Waals surface area (Å²) in [5, 5.41) is 13.2. The zero-order valence-electron chi connectivity index (χ0n) is 15.9. The molecule has 0 bridgehead atoms. The molecule has 0 saturated carbocycles. The Morgan fingerprint density at radius 3 is 2.56 bits per heavy atom. The van der Waals surface area contributed by atoms with Gasteiger partial charge in [0, 0.05) is 21.5 Å². The second-order valence-corrected chi connectivity index (χ2v) is 9.35. The highest BCUT2D eigenvalue weighted by Gasteiger charge is 2.48. The van der Waals surface area contributed by atoms with E-state index in [4.69, 9.17) is 11.6 Å². The summed E-state index contributed by atoms with van der Waals surface area (Å²) in [6.07, 6.45) is 0. The van der Waals surface area contributed by atoms with Gasteiger partial charge in [0.1, 0.15) is 23.1 Å². The SMILES string of the molecule is O=C1C(=O)N(c2nc3c(F)cc(F)cc3s2)C(c2cccs2)/C1=C(\O)c1ccc(Cl)cc1. The van der Waals surface area contributed by atoms with Crippen LogP contribution in [0.2, 0.25) is 5.02 Å². The fraction of sp³-hybridized carbons (Fsp3) is 0.0455. The van der Waals surface area contributed by atoms with Crippen LogP contribution in [0.1, 0.15) is 16.5 Å². The van der Waals surface area contributed by atoms with Crippen LogP contribution in [0.4, 0.5) is 13.9 Å². The third-order valence-corrected chi connectivity index (χ3v) is 7.16. The fourth-order valence-corrected chi connectivity index (χ4v) is 5.54. The average Bonchev–Trinajstić information content (AvgIpc) is 3.47. The minimum Gasteiger partial charge on any atom is -0.507 e. The maximum Gasteiger partial charge on any atom is 0.301 e. The van der Waals surface area contributed by atoms with E-state index >= 15 is 0 Å². The monoisotopic (exact) mass is 488 g/mol. The number of thiazole rings is 1. The molecule has 3 heterocycles. The number of fused-ring (bicyclic) bond motifs is 1. The predicted molar refractivity (Wildman–Crippen MR) is 120 cm³/mol. The zero-order valence-corrected chi connectivity index (χ0v) is 18.3. The van der Waals surface area contributed by atoms with E-state index in [1.807, 2.05) is 0 Å². The van der Waals surface area contributed by atoms with E-state index in [0.717, 1.165) is 22.3 Å². The van der Waals surface area contributed by atoms with E-state index in [2.05, 4.69) is 4.98 Å². The minimum absolute atomic E-state index is 0.0279. The van der Waals surface area contributed by atoms with Crippen molar-refractivity contribution in [2.75, 3.05) is 4.90 Å². The molecule has 1 aliphatic rings. The van der Waals surface area contributed by atoms with Gasteiger partial charge >= 0.3 is 5.91 Å². The van der Waals surface area contributed by atoms with Crippen molar-refractivity contribution in [3.05, 3.63) is 86.6 Å². The van der Waals surface area contributed by atoms with Gasteiger partial charge in [-0.25, -0.2) is 13.8 Å². The molecule has 1 fully saturated rings. The Bertz CT molecular complexity index is 1420. The van der Waals surface area contributed by atoms with E-state index in [9.17, 15) is 23.5 Å². The second-order valence-electron chi connectivity index (χ2n) is 6.92. The van der Waals surface area contributed by atoms with Crippen molar-refractivity contribution >= 4 is 67.1 Å². The average molecular weight is 489 g/mol. The second kappa shape index (κ2) is 7.77. The largest absolute Gasteiger partial charge is 0.507 e. The number of carbonyl (C=O) groups excluding carboxylic acids is 2. The molecule has 0 radical (unpaired) electrons. The molecule has 160 valence electrons. The molecule has 1 unspecified atom stereocenters. The van der Waals surface area contributed by atoms with Crippen LogP contribution in [-0.2, 0) is 9.59 Å². The van der Waals surface area contributed by atoms with Crippen molar-refractivity contribution < 1.29 is 23.5 Å². The Balaban J connectivity index is 1.72. The van der Waals surface area contributed by atoms with Crippen molar-refractivity contribution in [2.45, 2.75) is 6.04 Å². The number of halogens is 3. The highest BCUT2D eigenvalue weighted by atomic mass is 35.5. The summed E-state index contributed by atoms with van der Waals surface area (Å²) in [6.45, 7) is 0. The number of ketones is 1. The number of hydrogen-bond donors (Lipinski definition) is 1. The van der Waals surface area contributed by atoms with Crippen molar-refractivity contribution in [3.8, 4) is 0 Å². The Morgan fingerprint density at radius 1 is 1.12 bits per heavy atom. The lowest BCUT2D eigenvalue weighted by Gasteiger charge is -2.21. The number of nitrogens with zero attached hydrogens (tertiary/aromatic N) is 2. The summed E-state index contributed by atoms with van der Waals surface area (Å²) in [6, 6.07) is 10.5. The fourth-order valence-electron chi connectivity index (χ4n) is 3.56. The predicted octanol–water partition coefficient (Wildman–Crippen LogP) is 5.92. The number of Topliss-reactive ketones (excluding diaryl/α,β-unsaturated/α-hetero) is 1. The van der Waals surface area contributed by atoms with Crippen LogP contribution in [-0.4, -0.2) is 21.8 Å². The number of rotatable bonds is 3. The topological polar surface area (TPSA) is 70.5 Å². The van der Waals surface area contributed by atoms with E-state index < -0.39 is 29.4 Å². The van der Waals surface area contributed by atoms with E-state index in [-0.39, 0.29) is 26.7 Å². The molecule has 1 N–H and O–H groups in total. The quantitative estimate of drug-likeness (QED) is 0.221. The van der Waals surface area contributed by atoms with Crippen molar-refractivity contribution in [2.24, 2.45) is 0 Å². The molecule has 1 saturated heterocycles. The maximum absolute atomic E-state index is 14.2. The smallest absolute Gasteiger partial charge is 0.301 e. The third kappa shape index (κ3) is 3.29. The first-order valence-corrected chi connectivity index (χ1v) is 11.3. The standard InChI is InChI=1S/C22H11ClF2N2O3S2/c23-11-5-3-10(4-6-11)19(28)16-18(14-2-1-7-31-14)27(21(30)20(16)29)22-26-17-13(25)8-12(24)9-15(17)32-22/h1-9,18,28H/b19-16+. The van der Waals surface area contributed by atoms with E-state index in [0.29, 0.717) is 21.5 Å². The lowest BCUT2D eigenvalue weighted by molar-refractivity contribution is -0.132. The minimum atomic E-state index is -0.973. The number of aliphatic hydroxyl groups excluding tert-OH is 1. The molecule has 0 aliphatic carbocycles. The first-order chi connectivity index (χ1) is 15.3. The van der Waals surface area contributed by atoms with Gasteiger partial charge in [0.15, 0.2) is 10.9 Å². The summed E-state index contributed by atoms with van der Waals surface area (Å²) in [4.78, 5) is 32.0. The van der Waals surface area contributed by atoms with Gasteiger partial charge in [-0.3, -0.25) is 14.5 Å². The Labute approximate surface area is 192 Å². The van der Waals surface area contributed by atoms with Gasteiger partial charge < -0.3 is 5.11 Å². The van der Waals surface area contributed by atoms with Gasteiger partial charge in [-0.05, 0) is 41.8 Å². The number of aromatic nitrogens is 1. The highest BCUT2D eigenvalue weighted by molar-refractivity contribution is 7.22. The van der Waals surface area contributed by atoms with Crippen molar-refractivity contribution in [3.63, 3.8) is 0 Å². The van der Waals surface area contributed by atoms with Crippen LogP contribution in [0.5, 0.6) is 0 Å². The maximum atomic E-state index is 14.2. The molecule has 5 nitrogen and oxygen atoms in total. The van der Waals surface area contributed by atoms with Gasteiger partial charge in [-0.15, -0.1) is 11.3 Å². The molecular formula is C22H11ClF2N2O3S2. The first kappa shape index (κ1) is 20.7. The van der Waals surface area contributed by atoms with Crippen LogP contribution >= 0.6 is 34.3 Å². The molecule has 4 aromatic rings. The van der Waals surface area contributed by atoms with Crippen LogP contribution in [0.25, 0.3) is 16.0 Å². The van der Waals surface area contributed by atoms with Gasteiger partial charge in [0.05, 0.1) is 10.3 Å². The summed E-state index contributed by atoms with van der Waals surface area (Å²) in [5.41, 5.74) is 0.0907. The Hall–Kier alpha value is -3.14. The third-order valence-electron chi connectivity index (χ3n) is 4.98. The lowest BCUT2D eigenvalue weighted by atomic mass is 10.00. The van der Waals surface area contributed by atoms with E-state index in [1.165, 1.54) is 23.5 Å². The molecule has 0 spiro atoms. The van der Waals surface area contributed by atoms with E-state index in [1.54, 1.807) is 29.6 Å². The zero-order chi connectivity index (χ0) is 22.6. The number of carbonyl (C=O) groups is 2. The Morgan fingerprint density at radius 2 is 1.88 bits per heavy atom. The number of benzene rings is 2. The number of aliphatic hydroxyl groups is 1. The first-order valence-electron chi connectivity index (χ1n) is 9.21. The van der Waals surface area contributed by atoms with Crippen molar-refractivity contribution in [1.82, 2.24) is 4.98 Å². The molecule has 2 aromatic carbocycles. The molecule has 32 heavy (non-hydrogen) atoms. The molecule has 10 heteroatoms. The molecular weight excluding hydrogens is 478 g/mol. The Kier molecular flexibility index (Phi) is 5.04. The van der Waals surface area contributed by atoms with Crippen LogP contribution in [0, 0.1) is 11.6 Å². The molecule has 5 rings (SSSR count). The van der Waals surface area contributed by atoms with Crippen LogP contribution in [0.3, 0.4) is 0 Å². The summed E-state index contributed by atoms with van der Waals surface area (Å²) < 4.78 is 28.1. The van der Waals surface area contributed by atoms with Crippen molar-refractivity contribution in [1.29, 1.82) is 0 Å². The van der Waals surface area contributed by atoms with Crippen LogP contribution in [0.15, 0.2) is 59.5 Å². The number of anilines is 1. The van der Waals surface area contributed by atoms with Gasteiger partial charge in [0.2, 0.25) is 0 Å². The molecule has 1 amide bonds. The van der Waals surface area contributed by atoms with Gasteiger partial charge in [-0.2, -0.15) is 0 Å².